The van der Waals surface area contributed by atoms with E-state index in [0.717, 1.165) is 6.42 Å². The standard InChI is InChI=1S/C11H24N2O2/c1-10(2,9(13)14)6-8-15-11(3,4)5-7-12/h5-8,12H2,1-4H3,(H2,13,14). The lowest BCUT2D eigenvalue weighted by Crippen LogP contribution is -2.35. The minimum Gasteiger partial charge on any atom is -0.375 e. The van der Waals surface area contributed by atoms with Crippen molar-refractivity contribution in [1.82, 2.24) is 0 Å². The van der Waals surface area contributed by atoms with Gasteiger partial charge in [0.25, 0.3) is 0 Å². The molecule has 0 fully saturated rings. The Kier molecular flexibility index (Phi) is 5.24. The molecule has 0 saturated carbocycles. The summed E-state index contributed by atoms with van der Waals surface area (Å²) in [4.78, 5) is 11.0. The lowest BCUT2D eigenvalue weighted by molar-refractivity contribution is -0.128. The molecule has 0 aromatic rings. The molecule has 4 heteroatoms. The molecule has 0 bridgehead atoms. The highest BCUT2D eigenvalue weighted by atomic mass is 16.5. The average molecular weight is 216 g/mol. The minimum atomic E-state index is -0.501. The number of rotatable bonds is 7. The van der Waals surface area contributed by atoms with Crippen LogP contribution in [-0.4, -0.2) is 24.7 Å². The second-order valence-electron chi connectivity index (χ2n) is 5.14. The lowest BCUT2D eigenvalue weighted by Gasteiger charge is -2.27. The van der Waals surface area contributed by atoms with E-state index in [0.29, 0.717) is 19.6 Å². The normalized spacial score (nSPS) is 12.9. The maximum Gasteiger partial charge on any atom is 0.223 e. The molecule has 0 rings (SSSR count). The molecule has 0 aliphatic carbocycles. The smallest absolute Gasteiger partial charge is 0.223 e. The van der Waals surface area contributed by atoms with Crippen molar-refractivity contribution >= 4 is 5.91 Å². The van der Waals surface area contributed by atoms with E-state index < -0.39 is 5.41 Å². The molecule has 90 valence electrons. The third-order valence-electron chi connectivity index (χ3n) is 2.63. The highest BCUT2D eigenvalue weighted by Crippen LogP contribution is 2.21. The summed E-state index contributed by atoms with van der Waals surface area (Å²) in [6.07, 6.45) is 1.44. The molecule has 0 unspecified atom stereocenters. The molecular formula is C11H24N2O2. The van der Waals surface area contributed by atoms with Crippen LogP contribution in [0.4, 0.5) is 0 Å². The first-order valence-electron chi connectivity index (χ1n) is 5.35. The molecule has 0 saturated heterocycles. The number of hydrogen-bond acceptors (Lipinski definition) is 3. The average Bonchev–Trinajstić information content (AvgIpc) is 2.02. The van der Waals surface area contributed by atoms with Gasteiger partial charge in [-0.15, -0.1) is 0 Å². The fourth-order valence-corrected chi connectivity index (χ4v) is 1.13. The maximum atomic E-state index is 11.0. The van der Waals surface area contributed by atoms with Crippen LogP contribution in [0, 0.1) is 5.41 Å². The molecule has 0 aromatic heterocycles. The Morgan fingerprint density at radius 2 is 1.73 bits per heavy atom. The van der Waals surface area contributed by atoms with Crippen LogP contribution in [0.5, 0.6) is 0 Å². The first-order valence-corrected chi connectivity index (χ1v) is 5.35. The number of ether oxygens (including phenoxy) is 1. The van der Waals surface area contributed by atoms with Crippen molar-refractivity contribution in [2.75, 3.05) is 13.2 Å². The topological polar surface area (TPSA) is 78.3 Å². The summed E-state index contributed by atoms with van der Waals surface area (Å²) in [6, 6.07) is 0. The molecule has 0 radical (unpaired) electrons. The van der Waals surface area contributed by atoms with Gasteiger partial charge in [0, 0.05) is 12.0 Å². The minimum absolute atomic E-state index is 0.220. The van der Waals surface area contributed by atoms with Gasteiger partial charge in [0.05, 0.1) is 5.60 Å². The summed E-state index contributed by atoms with van der Waals surface area (Å²) in [6.45, 7) is 8.78. The van der Waals surface area contributed by atoms with Gasteiger partial charge in [-0.25, -0.2) is 0 Å². The summed E-state index contributed by atoms with van der Waals surface area (Å²) in [5.41, 5.74) is 10.0. The van der Waals surface area contributed by atoms with Gasteiger partial charge in [-0.3, -0.25) is 4.79 Å². The monoisotopic (exact) mass is 216 g/mol. The number of carbonyl (C=O) groups excluding carboxylic acids is 1. The van der Waals surface area contributed by atoms with Crippen molar-refractivity contribution in [3.63, 3.8) is 0 Å². The number of carbonyl (C=O) groups is 1. The van der Waals surface area contributed by atoms with Crippen LogP contribution in [0.1, 0.15) is 40.5 Å². The second kappa shape index (κ2) is 5.47. The Morgan fingerprint density at radius 3 is 2.13 bits per heavy atom. The molecule has 0 aromatic carbocycles. The van der Waals surface area contributed by atoms with Crippen molar-refractivity contribution in [2.45, 2.75) is 46.1 Å². The van der Waals surface area contributed by atoms with Crippen molar-refractivity contribution in [2.24, 2.45) is 16.9 Å². The predicted molar refractivity (Wildman–Crippen MR) is 61.3 cm³/mol. The van der Waals surface area contributed by atoms with E-state index in [1.54, 1.807) is 0 Å². The highest BCUT2D eigenvalue weighted by molar-refractivity contribution is 5.79. The summed E-state index contributed by atoms with van der Waals surface area (Å²) >= 11 is 0. The van der Waals surface area contributed by atoms with Crippen LogP contribution in [0.2, 0.25) is 0 Å². The van der Waals surface area contributed by atoms with E-state index >= 15 is 0 Å². The number of nitrogens with two attached hydrogens (primary N) is 2. The van der Waals surface area contributed by atoms with E-state index in [2.05, 4.69) is 0 Å². The Labute approximate surface area is 92.3 Å². The zero-order chi connectivity index (χ0) is 12.1. The number of amides is 1. The van der Waals surface area contributed by atoms with Crippen molar-refractivity contribution in [3.8, 4) is 0 Å². The van der Waals surface area contributed by atoms with Crippen LogP contribution < -0.4 is 11.5 Å². The molecule has 0 spiro atoms. The van der Waals surface area contributed by atoms with Gasteiger partial charge in [0.1, 0.15) is 0 Å². The molecule has 0 aliphatic heterocycles. The number of hydrogen-bond donors (Lipinski definition) is 2. The number of primary amides is 1. The third kappa shape index (κ3) is 5.74. The van der Waals surface area contributed by atoms with Gasteiger partial charge in [-0.2, -0.15) is 0 Å². The van der Waals surface area contributed by atoms with Gasteiger partial charge >= 0.3 is 0 Å². The summed E-state index contributed by atoms with van der Waals surface area (Å²) < 4.78 is 5.67. The molecule has 4 N–H and O–H groups in total. The van der Waals surface area contributed by atoms with E-state index in [1.807, 2.05) is 27.7 Å². The van der Waals surface area contributed by atoms with E-state index in [-0.39, 0.29) is 11.5 Å². The van der Waals surface area contributed by atoms with Crippen LogP contribution in [-0.2, 0) is 9.53 Å². The molecule has 4 nitrogen and oxygen atoms in total. The summed E-state index contributed by atoms with van der Waals surface area (Å²) in [5.74, 6) is -0.289. The SMILES string of the molecule is CC(C)(CCN)OCCC(C)(C)C(N)=O. The molecule has 0 heterocycles. The van der Waals surface area contributed by atoms with Crippen LogP contribution in [0.3, 0.4) is 0 Å². The largest absolute Gasteiger partial charge is 0.375 e. The second-order valence-corrected chi connectivity index (χ2v) is 5.14. The van der Waals surface area contributed by atoms with Gasteiger partial charge in [-0.1, -0.05) is 13.8 Å². The van der Waals surface area contributed by atoms with Crippen LogP contribution in [0.25, 0.3) is 0 Å². The quantitative estimate of drug-likeness (QED) is 0.667. The van der Waals surface area contributed by atoms with Gasteiger partial charge < -0.3 is 16.2 Å². The van der Waals surface area contributed by atoms with E-state index in [4.69, 9.17) is 16.2 Å². The van der Waals surface area contributed by atoms with Crippen molar-refractivity contribution in [3.05, 3.63) is 0 Å². The molecule has 1 amide bonds. The van der Waals surface area contributed by atoms with Crippen molar-refractivity contribution < 1.29 is 9.53 Å². The van der Waals surface area contributed by atoms with Gasteiger partial charge in [0.15, 0.2) is 0 Å². The van der Waals surface area contributed by atoms with Crippen molar-refractivity contribution in [1.29, 1.82) is 0 Å². The maximum absolute atomic E-state index is 11.0. The van der Waals surface area contributed by atoms with Crippen LogP contribution >= 0.6 is 0 Å². The Balaban J connectivity index is 3.93. The molecule has 15 heavy (non-hydrogen) atoms. The molecular weight excluding hydrogens is 192 g/mol. The summed E-state index contributed by atoms with van der Waals surface area (Å²) in [7, 11) is 0. The Hall–Kier alpha value is -0.610. The third-order valence-corrected chi connectivity index (χ3v) is 2.63. The lowest BCUT2D eigenvalue weighted by atomic mass is 9.89. The van der Waals surface area contributed by atoms with E-state index in [1.165, 1.54) is 0 Å². The zero-order valence-corrected chi connectivity index (χ0v) is 10.3. The molecule has 0 atom stereocenters. The summed E-state index contributed by atoms with van der Waals surface area (Å²) in [5, 5.41) is 0. The fourth-order valence-electron chi connectivity index (χ4n) is 1.13. The first kappa shape index (κ1) is 14.4. The Bertz CT molecular complexity index is 213. The molecule has 0 aliphatic rings. The van der Waals surface area contributed by atoms with E-state index in [9.17, 15) is 4.79 Å². The predicted octanol–water partition coefficient (Wildman–Crippen LogP) is 1.03. The van der Waals surface area contributed by atoms with Gasteiger partial charge in [0.2, 0.25) is 5.91 Å². The van der Waals surface area contributed by atoms with Crippen LogP contribution in [0.15, 0.2) is 0 Å². The zero-order valence-electron chi connectivity index (χ0n) is 10.3. The first-order chi connectivity index (χ1) is 6.71. The fraction of sp³-hybridized carbons (Fsp3) is 0.909. The Morgan fingerprint density at radius 1 is 1.20 bits per heavy atom. The van der Waals surface area contributed by atoms with Gasteiger partial charge in [-0.05, 0) is 33.2 Å². The highest BCUT2D eigenvalue weighted by Gasteiger charge is 2.26.